The van der Waals surface area contributed by atoms with Crippen LogP contribution in [0.4, 0.5) is 0 Å². The fourth-order valence-electron chi connectivity index (χ4n) is 2.77. The molecule has 150 valence electrons. The first-order chi connectivity index (χ1) is 13.3. The minimum Gasteiger partial charge on any atom is -0.439 e. The van der Waals surface area contributed by atoms with Gasteiger partial charge < -0.3 is 9.47 Å². The van der Waals surface area contributed by atoms with Crippen molar-refractivity contribution in [2.45, 2.75) is 23.3 Å². The van der Waals surface area contributed by atoms with E-state index in [2.05, 4.69) is 9.71 Å². The Kier molecular flexibility index (Phi) is 6.16. The van der Waals surface area contributed by atoms with Crippen molar-refractivity contribution in [1.82, 2.24) is 15.2 Å². The molecule has 1 fully saturated rings. The van der Waals surface area contributed by atoms with Crippen molar-refractivity contribution >= 4 is 27.5 Å². The molecule has 1 aliphatic heterocycles. The highest BCUT2D eigenvalue weighted by Gasteiger charge is 2.43. The fraction of sp³-hybridized carbons (Fsp3) is 0.294. The van der Waals surface area contributed by atoms with Crippen LogP contribution in [0.5, 0.6) is 11.6 Å². The van der Waals surface area contributed by atoms with E-state index in [1.54, 1.807) is 6.07 Å². The van der Waals surface area contributed by atoms with E-state index < -0.39 is 21.5 Å². The smallest absolute Gasteiger partial charge is 0.264 e. The van der Waals surface area contributed by atoms with Crippen molar-refractivity contribution in [1.29, 1.82) is 0 Å². The minimum atomic E-state index is -4.04. The zero-order chi connectivity index (χ0) is 20.2. The highest BCUT2D eigenvalue weighted by atomic mass is 35.5. The number of halogens is 1. The minimum absolute atomic E-state index is 0.0597. The molecule has 0 aliphatic carbocycles. The molecule has 1 amide bonds. The summed E-state index contributed by atoms with van der Waals surface area (Å²) in [6.07, 6.45) is 1.68. The Morgan fingerprint density at radius 3 is 2.50 bits per heavy atom. The average molecular weight is 428 g/mol. The third-order valence-corrected chi connectivity index (χ3v) is 6.05. The van der Waals surface area contributed by atoms with E-state index in [0.717, 1.165) is 0 Å². The van der Waals surface area contributed by atoms with Crippen LogP contribution in [-0.4, -0.2) is 43.3 Å². The maximum atomic E-state index is 12.8. The molecule has 1 aromatic carbocycles. The number of pyridine rings is 1. The van der Waals surface area contributed by atoms with Crippen LogP contribution in [0.15, 0.2) is 47.5 Å². The summed E-state index contributed by atoms with van der Waals surface area (Å²) in [6.45, 7) is 0.380. The molecule has 9 nitrogen and oxygen atoms in total. The topological polar surface area (TPSA) is 127 Å². The Morgan fingerprint density at radius 2 is 1.89 bits per heavy atom. The molecule has 11 heteroatoms. The lowest BCUT2D eigenvalue weighted by atomic mass is 9.91. The molecule has 28 heavy (non-hydrogen) atoms. The maximum absolute atomic E-state index is 12.8. The van der Waals surface area contributed by atoms with Crippen LogP contribution < -0.4 is 14.9 Å². The normalized spacial score (nSPS) is 16.4. The van der Waals surface area contributed by atoms with Crippen LogP contribution in [0.25, 0.3) is 0 Å². The number of carbonyl (C=O) groups excluding carboxylic acids is 1. The summed E-state index contributed by atoms with van der Waals surface area (Å²) in [5, 5.41) is 9.46. The van der Waals surface area contributed by atoms with Gasteiger partial charge in [-0.15, -0.1) is 0 Å². The monoisotopic (exact) mass is 427 g/mol. The van der Waals surface area contributed by atoms with Gasteiger partial charge in [-0.1, -0.05) is 11.6 Å². The van der Waals surface area contributed by atoms with Crippen molar-refractivity contribution < 1.29 is 27.9 Å². The van der Waals surface area contributed by atoms with Crippen LogP contribution in [0.3, 0.4) is 0 Å². The van der Waals surface area contributed by atoms with Crippen molar-refractivity contribution in [2.75, 3.05) is 13.2 Å². The second kappa shape index (κ2) is 8.41. The van der Waals surface area contributed by atoms with Gasteiger partial charge in [0.2, 0.25) is 15.9 Å². The molecule has 1 saturated heterocycles. The SMILES string of the molecule is O=C(NO)C1(NS(=O)(=O)c2ccc(Oc3cc(Cl)ccn3)cc2)CCOCC1. The number of hydroxylamine groups is 1. The van der Waals surface area contributed by atoms with E-state index >= 15 is 0 Å². The van der Waals surface area contributed by atoms with E-state index in [1.807, 2.05) is 0 Å². The van der Waals surface area contributed by atoms with Gasteiger partial charge in [-0.3, -0.25) is 10.0 Å². The largest absolute Gasteiger partial charge is 0.439 e. The Balaban J connectivity index is 1.78. The number of nitrogens with zero attached hydrogens (tertiary/aromatic N) is 1. The van der Waals surface area contributed by atoms with Crippen LogP contribution in [0, 0.1) is 0 Å². The Labute approximate surface area is 166 Å². The number of nitrogens with one attached hydrogen (secondary N) is 2. The lowest BCUT2D eigenvalue weighted by Gasteiger charge is -2.35. The molecule has 0 bridgehead atoms. The number of benzene rings is 1. The lowest BCUT2D eigenvalue weighted by molar-refractivity contribution is -0.139. The zero-order valence-electron chi connectivity index (χ0n) is 14.6. The summed E-state index contributed by atoms with van der Waals surface area (Å²) < 4.78 is 38.6. The summed E-state index contributed by atoms with van der Waals surface area (Å²) in [5.74, 6) is -0.198. The highest BCUT2D eigenvalue weighted by molar-refractivity contribution is 7.89. The van der Waals surface area contributed by atoms with E-state index in [1.165, 1.54) is 42.0 Å². The predicted octanol–water partition coefficient (Wildman–Crippen LogP) is 1.86. The van der Waals surface area contributed by atoms with Crippen LogP contribution in [0.1, 0.15) is 12.8 Å². The summed E-state index contributed by atoms with van der Waals surface area (Å²) in [7, 11) is -4.04. The molecule has 2 heterocycles. The first-order valence-electron chi connectivity index (χ1n) is 8.30. The number of carbonyl (C=O) groups is 1. The first kappa shape index (κ1) is 20.5. The Bertz CT molecular complexity index is 946. The average Bonchev–Trinajstić information content (AvgIpc) is 2.68. The maximum Gasteiger partial charge on any atom is 0.264 e. The van der Waals surface area contributed by atoms with Gasteiger partial charge >= 0.3 is 0 Å². The quantitative estimate of drug-likeness (QED) is 0.474. The molecule has 3 rings (SSSR count). The van der Waals surface area contributed by atoms with E-state index in [4.69, 9.17) is 26.3 Å². The number of hydrogen-bond donors (Lipinski definition) is 3. The third kappa shape index (κ3) is 4.59. The third-order valence-electron chi connectivity index (χ3n) is 4.27. The lowest BCUT2D eigenvalue weighted by Crippen LogP contribution is -2.60. The number of hydrogen-bond acceptors (Lipinski definition) is 7. The Morgan fingerprint density at radius 1 is 1.21 bits per heavy atom. The van der Waals surface area contributed by atoms with Crippen molar-refractivity contribution in [3.63, 3.8) is 0 Å². The number of amides is 1. The summed E-state index contributed by atoms with van der Waals surface area (Å²) in [4.78, 5) is 16.0. The summed E-state index contributed by atoms with van der Waals surface area (Å²) in [5.41, 5.74) is 0.0509. The van der Waals surface area contributed by atoms with Gasteiger partial charge in [-0.05, 0) is 43.2 Å². The number of sulfonamides is 1. The van der Waals surface area contributed by atoms with E-state index in [9.17, 15) is 13.2 Å². The van der Waals surface area contributed by atoms with Gasteiger partial charge in [0.25, 0.3) is 5.91 Å². The molecule has 3 N–H and O–H groups in total. The molecule has 0 saturated carbocycles. The molecular formula is C17H18ClN3O6S. The van der Waals surface area contributed by atoms with Gasteiger partial charge in [0.05, 0.1) is 4.90 Å². The molecular weight excluding hydrogens is 410 g/mol. The van der Waals surface area contributed by atoms with Crippen molar-refractivity contribution in [3.05, 3.63) is 47.6 Å². The van der Waals surface area contributed by atoms with Crippen LogP contribution in [-0.2, 0) is 19.6 Å². The van der Waals surface area contributed by atoms with Crippen molar-refractivity contribution in [3.8, 4) is 11.6 Å². The van der Waals surface area contributed by atoms with Crippen LogP contribution in [0.2, 0.25) is 5.02 Å². The fourth-order valence-corrected chi connectivity index (χ4v) is 4.34. The molecule has 2 aromatic rings. The van der Waals surface area contributed by atoms with Crippen molar-refractivity contribution in [2.24, 2.45) is 0 Å². The first-order valence-corrected chi connectivity index (χ1v) is 10.2. The molecule has 0 radical (unpaired) electrons. The molecule has 0 unspecified atom stereocenters. The number of ether oxygens (including phenoxy) is 2. The Hall–Kier alpha value is -2.24. The van der Waals surface area contributed by atoms with Crippen LogP contribution >= 0.6 is 11.6 Å². The van der Waals surface area contributed by atoms with Gasteiger partial charge in [-0.2, -0.15) is 4.72 Å². The van der Waals surface area contributed by atoms with E-state index in [0.29, 0.717) is 10.8 Å². The second-order valence-corrected chi connectivity index (χ2v) is 8.25. The van der Waals surface area contributed by atoms with Gasteiger partial charge in [-0.25, -0.2) is 18.9 Å². The van der Waals surface area contributed by atoms with E-state index in [-0.39, 0.29) is 36.8 Å². The molecule has 0 atom stereocenters. The zero-order valence-corrected chi connectivity index (χ0v) is 16.2. The highest BCUT2D eigenvalue weighted by Crippen LogP contribution is 2.26. The summed E-state index contributed by atoms with van der Waals surface area (Å²) >= 11 is 5.87. The molecule has 1 aliphatic rings. The van der Waals surface area contributed by atoms with Gasteiger partial charge in [0.15, 0.2) is 0 Å². The van der Waals surface area contributed by atoms with Gasteiger partial charge in [0, 0.05) is 30.5 Å². The predicted molar refractivity (Wildman–Crippen MR) is 98.8 cm³/mol. The molecule has 1 aromatic heterocycles. The standard InChI is InChI=1S/C17H18ClN3O6S/c18-12-5-8-19-15(11-12)27-13-1-3-14(4-2-13)28(24,25)21-17(16(22)20-23)6-9-26-10-7-17/h1-5,8,11,21,23H,6-7,9-10H2,(H,20,22). The summed E-state index contributed by atoms with van der Waals surface area (Å²) in [6, 6.07) is 8.72. The number of aromatic nitrogens is 1. The number of rotatable bonds is 6. The molecule has 0 spiro atoms. The second-order valence-electron chi connectivity index (χ2n) is 6.13. The van der Waals surface area contributed by atoms with Gasteiger partial charge in [0.1, 0.15) is 11.3 Å².